The number of anilines is 1. The van der Waals surface area contributed by atoms with Crippen LogP contribution in [0, 0.1) is 12.8 Å². The van der Waals surface area contributed by atoms with Gasteiger partial charge in [-0.2, -0.15) is 0 Å². The second-order valence-corrected chi connectivity index (χ2v) is 9.92. The molecule has 36 heavy (non-hydrogen) atoms. The minimum atomic E-state index is -0.745. The topological polar surface area (TPSA) is 105 Å². The fourth-order valence-corrected chi connectivity index (χ4v) is 5.34. The third-order valence-corrected chi connectivity index (χ3v) is 7.48. The van der Waals surface area contributed by atoms with Crippen LogP contribution in [0.25, 0.3) is 11.1 Å². The van der Waals surface area contributed by atoms with E-state index in [9.17, 15) is 14.7 Å². The molecule has 0 amide bonds. The normalized spacial score (nSPS) is 22.4. The Hall–Kier alpha value is -3.23. The van der Waals surface area contributed by atoms with Crippen LogP contribution in [0.5, 0.6) is 0 Å². The monoisotopic (exact) mass is 491 g/mol. The molecule has 2 atom stereocenters. The number of Topliss-reactive ketones (excluding diaryl/α,β-unsaturated/α-hetero) is 1. The summed E-state index contributed by atoms with van der Waals surface area (Å²) in [7, 11) is 0. The highest BCUT2D eigenvalue weighted by atomic mass is 16.5. The van der Waals surface area contributed by atoms with Crippen LogP contribution in [0.15, 0.2) is 53.3 Å². The molecule has 1 aromatic heterocycles. The number of rotatable bonds is 9. The Morgan fingerprint density at radius 2 is 1.86 bits per heavy atom. The van der Waals surface area contributed by atoms with Crippen molar-refractivity contribution in [3.63, 3.8) is 0 Å². The molecule has 0 radical (unpaired) electrons. The minimum absolute atomic E-state index is 0.0561. The summed E-state index contributed by atoms with van der Waals surface area (Å²) < 4.78 is 12.0. The summed E-state index contributed by atoms with van der Waals surface area (Å²) >= 11 is 0. The largest absolute Gasteiger partial charge is 0.481 e. The van der Waals surface area contributed by atoms with Crippen LogP contribution in [0.3, 0.4) is 0 Å². The number of aryl methyl sites for hydroxylation is 1. The maximum absolute atomic E-state index is 14.3. The van der Waals surface area contributed by atoms with Gasteiger partial charge in [-0.15, -0.1) is 0 Å². The highest BCUT2D eigenvalue weighted by Gasteiger charge is 2.38. The molecule has 0 spiro atoms. The molecule has 3 aromatic rings. The van der Waals surface area contributed by atoms with Crippen molar-refractivity contribution in [2.24, 2.45) is 5.92 Å². The highest BCUT2D eigenvalue weighted by molar-refractivity contribution is 5.92. The highest BCUT2D eigenvalue weighted by Crippen LogP contribution is 2.32. The summed E-state index contributed by atoms with van der Waals surface area (Å²) in [6.07, 6.45) is 5.07. The van der Waals surface area contributed by atoms with Crippen LogP contribution in [0.2, 0.25) is 0 Å². The Morgan fingerprint density at radius 1 is 1.11 bits per heavy atom. The number of nitrogens with one attached hydrogen (secondary N) is 1. The molecule has 2 heterocycles. The van der Waals surface area contributed by atoms with Gasteiger partial charge in [-0.05, 0) is 74.8 Å². The number of carbonyl (C=O) groups is 2. The number of ether oxygens (including phenoxy) is 1. The molecule has 1 saturated carbocycles. The second-order valence-electron chi connectivity index (χ2n) is 9.92. The van der Waals surface area contributed by atoms with Crippen molar-refractivity contribution in [1.82, 2.24) is 9.88 Å². The Labute approximate surface area is 210 Å². The number of aromatic nitrogens is 1. The molecular weight excluding hydrogens is 458 g/mol. The number of nitrogens with zero attached hydrogens (tertiary/aromatic N) is 2. The zero-order valence-electron chi connectivity index (χ0n) is 20.6. The van der Waals surface area contributed by atoms with E-state index in [0.717, 1.165) is 48.3 Å². The van der Waals surface area contributed by atoms with E-state index < -0.39 is 18.2 Å². The number of carbonyl (C=O) groups excluding carboxylic acids is 1. The average Bonchev–Trinajstić information content (AvgIpc) is 3.59. The Bertz CT molecular complexity index is 1210. The van der Waals surface area contributed by atoms with Gasteiger partial charge in [-0.1, -0.05) is 24.3 Å². The van der Waals surface area contributed by atoms with E-state index in [1.54, 1.807) is 0 Å². The number of ketones is 1. The standard InChI is InChI=1S/C28H33N3O5/c1-18-6-2-3-7-22(18)30-25(20-10-13-23-24(16-20)35-17-29-23)26(32)27(31-14-4-5-15-31)36-21-11-8-19(9-12-21)28(33)34/h2-3,6-7,10,13,16-17,19,21,25,27,30H,4-5,8-9,11-12,14-15H2,1H3,(H,33,34). The number of carboxylic acids is 1. The molecule has 1 saturated heterocycles. The van der Waals surface area contributed by atoms with Crippen molar-refractivity contribution in [3.8, 4) is 0 Å². The lowest BCUT2D eigenvalue weighted by atomic mass is 9.87. The van der Waals surface area contributed by atoms with Crippen LogP contribution < -0.4 is 5.32 Å². The number of oxazole rings is 1. The van der Waals surface area contributed by atoms with E-state index in [-0.39, 0.29) is 17.8 Å². The van der Waals surface area contributed by atoms with Gasteiger partial charge in [0.25, 0.3) is 0 Å². The fraction of sp³-hybridized carbons (Fsp3) is 0.464. The van der Waals surface area contributed by atoms with E-state index in [1.165, 1.54) is 6.39 Å². The molecule has 1 aliphatic heterocycles. The lowest BCUT2D eigenvalue weighted by Gasteiger charge is -2.35. The van der Waals surface area contributed by atoms with E-state index in [0.29, 0.717) is 31.3 Å². The van der Waals surface area contributed by atoms with Gasteiger partial charge in [0.1, 0.15) is 11.6 Å². The molecule has 2 aromatic carbocycles. The van der Waals surface area contributed by atoms with Crippen LogP contribution in [-0.4, -0.2) is 52.2 Å². The zero-order valence-corrected chi connectivity index (χ0v) is 20.6. The van der Waals surface area contributed by atoms with E-state index in [1.807, 2.05) is 49.4 Å². The van der Waals surface area contributed by atoms with Crippen LogP contribution >= 0.6 is 0 Å². The van der Waals surface area contributed by atoms with Gasteiger partial charge in [-0.25, -0.2) is 4.98 Å². The summed E-state index contributed by atoms with van der Waals surface area (Å²) in [5, 5.41) is 12.9. The number of likely N-dealkylation sites (tertiary alicyclic amines) is 1. The summed E-state index contributed by atoms with van der Waals surface area (Å²) in [5.41, 5.74) is 4.08. The van der Waals surface area contributed by atoms with Crippen molar-refractivity contribution in [1.29, 1.82) is 0 Å². The molecule has 2 fully saturated rings. The third-order valence-electron chi connectivity index (χ3n) is 7.48. The van der Waals surface area contributed by atoms with Crippen molar-refractivity contribution >= 4 is 28.5 Å². The molecule has 5 rings (SSSR count). The first-order valence-electron chi connectivity index (χ1n) is 12.8. The Balaban J connectivity index is 1.44. The number of hydrogen-bond donors (Lipinski definition) is 2. The lowest BCUT2D eigenvalue weighted by Crippen LogP contribution is -2.47. The molecule has 8 heteroatoms. The minimum Gasteiger partial charge on any atom is -0.481 e. The van der Waals surface area contributed by atoms with E-state index in [2.05, 4.69) is 15.2 Å². The number of fused-ring (bicyclic) bond motifs is 1. The predicted octanol–water partition coefficient (Wildman–Crippen LogP) is 4.94. The third kappa shape index (κ3) is 5.29. The number of carboxylic acid groups (broad SMARTS) is 1. The van der Waals surface area contributed by atoms with Crippen LogP contribution in [-0.2, 0) is 14.3 Å². The molecular formula is C28H33N3O5. The first-order chi connectivity index (χ1) is 17.5. The van der Waals surface area contributed by atoms with Gasteiger partial charge < -0.3 is 19.6 Å². The maximum atomic E-state index is 14.3. The molecule has 2 N–H and O–H groups in total. The summed E-state index contributed by atoms with van der Waals surface area (Å²) in [6, 6.07) is 12.9. The lowest BCUT2D eigenvalue weighted by molar-refractivity contribution is -0.158. The van der Waals surface area contributed by atoms with Crippen molar-refractivity contribution in [2.45, 2.75) is 63.8 Å². The number of para-hydroxylation sites is 1. The number of hydrogen-bond acceptors (Lipinski definition) is 7. The van der Waals surface area contributed by atoms with Gasteiger partial charge >= 0.3 is 5.97 Å². The summed E-state index contributed by atoms with van der Waals surface area (Å²) in [5.74, 6) is -1.12. The zero-order chi connectivity index (χ0) is 25.1. The predicted molar refractivity (Wildman–Crippen MR) is 136 cm³/mol. The van der Waals surface area contributed by atoms with E-state index >= 15 is 0 Å². The van der Waals surface area contributed by atoms with E-state index in [4.69, 9.17) is 9.15 Å². The number of benzene rings is 2. The molecule has 190 valence electrons. The quantitative estimate of drug-likeness (QED) is 0.434. The number of aliphatic carboxylic acids is 1. The maximum Gasteiger partial charge on any atom is 0.306 e. The smallest absolute Gasteiger partial charge is 0.306 e. The van der Waals surface area contributed by atoms with Crippen LogP contribution in [0.4, 0.5) is 5.69 Å². The van der Waals surface area contributed by atoms with Crippen molar-refractivity contribution in [3.05, 3.63) is 60.0 Å². The first kappa shape index (κ1) is 24.5. The molecule has 1 aliphatic carbocycles. The SMILES string of the molecule is Cc1ccccc1NC(C(=O)C(OC1CCC(C(=O)O)CC1)N1CCCC1)c1ccc2ncoc2c1. The fourth-order valence-electron chi connectivity index (χ4n) is 5.34. The Kier molecular flexibility index (Phi) is 7.34. The first-order valence-corrected chi connectivity index (χ1v) is 12.8. The van der Waals surface area contributed by atoms with Gasteiger partial charge in [-0.3, -0.25) is 14.5 Å². The van der Waals surface area contributed by atoms with Crippen molar-refractivity contribution in [2.75, 3.05) is 18.4 Å². The summed E-state index contributed by atoms with van der Waals surface area (Å²) in [6.45, 7) is 3.62. The molecule has 2 unspecified atom stereocenters. The van der Waals surface area contributed by atoms with Crippen LogP contribution in [0.1, 0.15) is 55.7 Å². The van der Waals surface area contributed by atoms with Crippen molar-refractivity contribution < 1.29 is 23.8 Å². The summed E-state index contributed by atoms with van der Waals surface area (Å²) in [4.78, 5) is 32.0. The van der Waals surface area contributed by atoms with Gasteiger partial charge in [0.05, 0.1) is 12.0 Å². The molecule has 0 bridgehead atoms. The molecule has 8 nitrogen and oxygen atoms in total. The van der Waals surface area contributed by atoms with Gasteiger partial charge in [0.15, 0.2) is 18.2 Å². The average molecular weight is 492 g/mol. The molecule has 2 aliphatic rings. The second kappa shape index (κ2) is 10.8. The van der Waals surface area contributed by atoms with Gasteiger partial charge in [0.2, 0.25) is 5.78 Å². The Morgan fingerprint density at radius 3 is 2.58 bits per heavy atom. The van der Waals surface area contributed by atoms with Gasteiger partial charge in [0, 0.05) is 18.8 Å².